The fourth-order valence-electron chi connectivity index (χ4n) is 5.54. The molecule has 1 heterocycles. The first-order chi connectivity index (χ1) is 9.63. The van der Waals surface area contributed by atoms with Gasteiger partial charge in [-0.15, -0.1) is 0 Å². The molecule has 0 aliphatic heterocycles. The first-order valence-corrected chi connectivity index (χ1v) is 7.98. The van der Waals surface area contributed by atoms with Crippen LogP contribution in [0.2, 0.25) is 0 Å². The molecule has 4 aliphatic carbocycles. The smallest absolute Gasteiger partial charge is 0.221 e. The molecule has 4 heteroatoms. The summed E-state index contributed by atoms with van der Waals surface area (Å²) in [5.41, 5.74) is 6.17. The SMILES string of the molecule is CC(Nc1ccnc(N)n1)C12CC3CC(CC(C3)C1)C2. The molecule has 1 aromatic heterocycles. The first-order valence-electron chi connectivity index (χ1n) is 7.98. The molecule has 0 aromatic carbocycles. The minimum Gasteiger partial charge on any atom is -0.368 e. The van der Waals surface area contributed by atoms with E-state index >= 15 is 0 Å². The van der Waals surface area contributed by atoms with Gasteiger partial charge in [0, 0.05) is 12.2 Å². The van der Waals surface area contributed by atoms with E-state index in [1.807, 2.05) is 6.07 Å². The van der Waals surface area contributed by atoms with E-state index in [0.29, 0.717) is 17.4 Å². The lowest BCUT2D eigenvalue weighted by Gasteiger charge is -2.59. The molecule has 5 rings (SSSR count). The molecule has 4 nitrogen and oxygen atoms in total. The van der Waals surface area contributed by atoms with Crippen molar-refractivity contribution in [3.63, 3.8) is 0 Å². The summed E-state index contributed by atoms with van der Waals surface area (Å²) in [6.45, 7) is 2.34. The van der Waals surface area contributed by atoms with Crippen molar-refractivity contribution in [2.24, 2.45) is 23.2 Å². The van der Waals surface area contributed by atoms with Crippen LogP contribution in [0.4, 0.5) is 11.8 Å². The van der Waals surface area contributed by atoms with Crippen LogP contribution in [0, 0.1) is 23.2 Å². The van der Waals surface area contributed by atoms with Gasteiger partial charge in [-0.05, 0) is 74.7 Å². The molecular weight excluding hydrogens is 248 g/mol. The predicted molar refractivity (Wildman–Crippen MR) is 80.1 cm³/mol. The van der Waals surface area contributed by atoms with Gasteiger partial charge in [0.2, 0.25) is 5.95 Å². The number of aromatic nitrogens is 2. The maximum Gasteiger partial charge on any atom is 0.221 e. The van der Waals surface area contributed by atoms with Crippen molar-refractivity contribution in [2.45, 2.75) is 51.5 Å². The van der Waals surface area contributed by atoms with E-state index in [9.17, 15) is 0 Å². The number of anilines is 2. The van der Waals surface area contributed by atoms with E-state index in [0.717, 1.165) is 23.6 Å². The topological polar surface area (TPSA) is 63.8 Å². The maximum absolute atomic E-state index is 5.68. The van der Waals surface area contributed by atoms with Crippen molar-refractivity contribution in [3.05, 3.63) is 12.3 Å². The van der Waals surface area contributed by atoms with E-state index in [-0.39, 0.29) is 0 Å². The highest BCUT2D eigenvalue weighted by Crippen LogP contribution is 2.61. The Morgan fingerprint density at radius 2 is 1.80 bits per heavy atom. The fourth-order valence-corrected chi connectivity index (χ4v) is 5.54. The molecule has 4 fully saturated rings. The summed E-state index contributed by atoms with van der Waals surface area (Å²) in [7, 11) is 0. The van der Waals surface area contributed by atoms with Crippen molar-refractivity contribution < 1.29 is 0 Å². The molecular formula is C16H24N4. The molecule has 0 saturated heterocycles. The predicted octanol–water partition coefficient (Wildman–Crippen LogP) is 3.08. The van der Waals surface area contributed by atoms with Crippen molar-refractivity contribution in [1.82, 2.24) is 9.97 Å². The summed E-state index contributed by atoms with van der Waals surface area (Å²) in [4.78, 5) is 8.26. The van der Waals surface area contributed by atoms with Gasteiger partial charge in [-0.3, -0.25) is 0 Å². The lowest BCUT2D eigenvalue weighted by molar-refractivity contribution is -0.0603. The highest BCUT2D eigenvalue weighted by molar-refractivity contribution is 5.39. The van der Waals surface area contributed by atoms with Crippen LogP contribution in [0.1, 0.15) is 45.4 Å². The van der Waals surface area contributed by atoms with Crippen LogP contribution in [0.3, 0.4) is 0 Å². The molecule has 0 radical (unpaired) electrons. The Balaban J connectivity index is 1.54. The monoisotopic (exact) mass is 272 g/mol. The average Bonchev–Trinajstić information content (AvgIpc) is 2.37. The Morgan fingerprint density at radius 1 is 1.20 bits per heavy atom. The molecule has 0 amide bonds. The van der Waals surface area contributed by atoms with Gasteiger partial charge in [-0.25, -0.2) is 4.98 Å². The number of nitrogens with one attached hydrogen (secondary N) is 1. The summed E-state index contributed by atoms with van der Waals surface area (Å²) < 4.78 is 0. The molecule has 1 unspecified atom stereocenters. The largest absolute Gasteiger partial charge is 0.368 e. The molecule has 20 heavy (non-hydrogen) atoms. The van der Waals surface area contributed by atoms with Gasteiger partial charge in [0.15, 0.2) is 0 Å². The van der Waals surface area contributed by atoms with Crippen LogP contribution in [0.5, 0.6) is 0 Å². The van der Waals surface area contributed by atoms with E-state index in [4.69, 9.17) is 5.73 Å². The number of hydrogen-bond donors (Lipinski definition) is 2. The Bertz CT molecular complexity index is 478. The maximum atomic E-state index is 5.68. The lowest BCUT2D eigenvalue weighted by atomic mass is 9.48. The lowest BCUT2D eigenvalue weighted by Crippen LogP contribution is -2.53. The minimum atomic E-state index is 0.354. The van der Waals surface area contributed by atoms with Crippen LogP contribution >= 0.6 is 0 Å². The second-order valence-electron chi connectivity index (χ2n) is 7.45. The van der Waals surface area contributed by atoms with E-state index in [2.05, 4.69) is 22.2 Å². The van der Waals surface area contributed by atoms with Crippen molar-refractivity contribution in [3.8, 4) is 0 Å². The normalized spacial score (nSPS) is 39.8. The summed E-state index contributed by atoms with van der Waals surface area (Å²) >= 11 is 0. The Labute approximate surface area is 120 Å². The molecule has 1 atom stereocenters. The standard InChI is InChI=1S/C16H24N4/c1-10(19-14-2-3-18-15(17)20-14)16-7-11-4-12(8-16)6-13(5-11)9-16/h2-3,10-13H,4-9H2,1H3,(H3,17,18,19,20). The fraction of sp³-hybridized carbons (Fsp3) is 0.750. The van der Waals surface area contributed by atoms with Gasteiger partial charge in [-0.1, -0.05) is 0 Å². The molecule has 4 saturated carbocycles. The molecule has 1 aromatic rings. The van der Waals surface area contributed by atoms with Gasteiger partial charge in [0.25, 0.3) is 0 Å². The van der Waals surface area contributed by atoms with Gasteiger partial charge in [-0.2, -0.15) is 4.98 Å². The zero-order valence-electron chi connectivity index (χ0n) is 12.2. The highest BCUT2D eigenvalue weighted by Gasteiger charge is 2.53. The van der Waals surface area contributed by atoms with Crippen molar-refractivity contribution in [2.75, 3.05) is 11.1 Å². The van der Waals surface area contributed by atoms with Crippen molar-refractivity contribution >= 4 is 11.8 Å². The third-order valence-electron chi connectivity index (χ3n) is 6.04. The Hall–Kier alpha value is -1.32. The molecule has 3 N–H and O–H groups in total. The van der Waals surface area contributed by atoms with Gasteiger partial charge in [0.05, 0.1) is 0 Å². The van der Waals surface area contributed by atoms with E-state index < -0.39 is 0 Å². The van der Waals surface area contributed by atoms with Crippen LogP contribution in [0.15, 0.2) is 12.3 Å². The Kier molecular flexibility index (Phi) is 2.69. The second-order valence-corrected chi connectivity index (χ2v) is 7.45. The summed E-state index contributed by atoms with van der Waals surface area (Å²) in [5.74, 6) is 4.19. The highest BCUT2D eigenvalue weighted by atomic mass is 15.1. The molecule has 108 valence electrons. The summed E-state index contributed by atoms with van der Waals surface area (Å²) in [6.07, 6.45) is 10.4. The van der Waals surface area contributed by atoms with Crippen LogP contribution in [0.25, 0.3) is 0 Å². The third kappa shape index (κ3) is 1.97. The molecule has 0 spiro atoms. The summed E-state index contributed by atoms with van der Waals surface area (Å²) in [5, 5.41) is 3.61. The van der Waals surface area contributed by atoms with E-state index in [1.54, 1.807) is 6.20 Å². The van der Waals surface area contributed by atoms with Crippen molar-refractivity contribution in [1.29, 1.82) is 0 Å². The Morgan fingerprint density at radius 3 is 2.35 bits per heavy atom. The zero-order valence-corrected chi connectivity index (χ0v) is 12.2. The number of rotatable bonds is 3. The number of nitrogens with zero attached hydrogens (tertiary/aromatic N) is 2. The van der Waals surface area contributed by atoms with Gasteiger partial charge >= 0.3 is 0 Å². The van der Waals surface area contributed by atoms with Crippen LogP contribution in [-0.4, -0.2) is 16.0 Å². The average molecular weight is 272 g/mol. The van der Waals surface area contributed by atoms with Crippen LogP contribution < -0.4 is 11.1 Å². The van der Waals surface area contributed by atoms with Crippen LogP contribution in [-0.2, 0) is 0 Å². The second kappa shape index (κ2) is 4.34. The number of hydrogen-bond acceptors (Lipinski definition) is 4. The number of nitrogen functional groups attached to an aromatic ring is 1. The third-order valence-corrected chi connectivity index (χ3v) is 6.04. The molecule has 4 bridgehead atoms. The minimum absolute atomic E-state index is 0.354. The number of nitrogens with two attached hydrogens (primary N) is 1. The first kappa shape index (κ1) is 12.4. The molecule has 4 aliphatic rings. The van der Waals surface area contributed by atoms with E-state index in [1.165, 1.54) is 38.5 Å². The quantitative estimate of drug-likeness (QED) is 0.887. The summed E-state index contributed by atoms with van der Waals surface area (Å²) in [6, 6.07) is 2.40. The van der Waals surface area contributed by atoms with Gasteiger partial charge < -0.3 is 11.1 Å². The van der Waals surface area contributed by atoms with Gasteiger partial charge in [0.1, 0.15) is 5.82 Å². The zero-order chi connectivity index (χ0) is 13.7.